The number of hydrogen-bond acceptors (Lipinski definition) is 8. The highest BCUT2D eigenvalue weighted by Crippen LogP contribution is 2.38. The zero-order chi connectivity index (χ0) is 21.7. The summed E-state index contributed by atoms with van der Waals surface area (Å²) in [6, 6.07) is 3.26. The second-order valence-corrected chi connectivity index (χ2v) is 7.80. The number of nitrogens with one attached hydrogen (secondary N) is 1. The number of hydrogen-bond donors (Lipinski definition) is 1. The van der Waals surface area contributed by atoms with Gasteiger partial charge in [-0.3, -0.25) is 9.59 Å². The average Bonchev–Trinajstić information content (AvgIpc) is 3.21. The van der Waals surface area contributed by atoms with Crippen LogP contribution in [0.5, 0.6) is 17.2 Å². The van der Waals surface area contributed by atoms with Crippen molar-refractivity contribution in [2.45, 2.75) is 19.8 Å². The van der Waals surface area contributed by atoms with Gasteiger partial charge in [-0.05, 0) is 49.3 Å². The molecular weight excluding hydrogens is 408 g/mol. The number of carbonyl (C=O) groups excluding carboxylic acids is 2. The van der Waals surface area contributed by atoms with Crippen LogP contribution < -0.4 is 19.5 Å². The fraction of sp³-hybridized carbons (Fsp3) is 0.500. The van der Waals surface area contributed by atoms with E-state index in [2.05, 4.69) is 14.9 Å². The zero-order valence-electron chi connectivity index (χ0n) is 17.6. The lowest BCUT2D eigenvalue weighted by Crippen LogP contribution is -2.41. The van der Waals surface area contributed by atoms with Gasteiger partial charge in [0, 0.05) is 25.2 Å². The lowest BCUT2D eigenvalue weighted by Gasteiger charge is -2.31. The van der Waals surface area contributed by atoms with E-state index in [4.69, 9.17) is 14.2 Å². The maximum atomic E-state index is 12.6. The Hall–Kier alpha value is -2.88. The summed E-state index contributed by atoms with van der Waals surface area (Å²) in [6.45, 7) is 3.64. The van der Waals surface area contributed by atoms with Crippen LogP contribution in [-0.4, -0.2) is 67.3 Å². The smallest absolute Gasteiger partial charge is 0.267 e. The minimum Gasteiger partial charge on any atom is -0.493 e. The minimum absolute atomic E-state index is 0.0117. The number of carbonyl (C=O) groups is 2. The Morgan fingerprint density at radius 1 is 1.13 bits per heavy atom. The normalized spacial score (nSPS) is 14.3. The van der Waals surface area contributed by atoms with Crippen LogP contribution in [0.1, 0.15) is 38.6 Å². The van der Waals surface area contributed by atoms with E-state index in [0.29, 0.717) is 58.9 Å². The van der Waals surface area contributed by atoms with Crippen LogP contribution in [0.25, 0.3) is 0 Å². The average molecular weight is 435 g/mol. The Bertz CT molecular complexity index is 883. The van der Waals surface area contributed by atoms with Gasteiger partial charge in [0.2, 0.25) is 5.75 Å². The molecule has 2 aromatic rings. The highest BCUT2D eigenvalue weighted by Gasteiger charge is 2.26. The lowest BCUT2D eigenvalue weighted by molar-refractivity contribution is 0.0688. The van der Waals surface area contributed by atoms with Gasteiger partial charge >= 0.3 is 0 Å². The molecule has 1 N–H and O–H groups in total. The third-order valence-electron chi connectivity index (χ3n) is 5.23. The predicted octanol–water partition coefficient (Wildman–Crippen LogP) is 2.15. The highest BCUT2D eigenvalue weighted by atomic mass is 32.1. The Morgan fingerprint density at radius 3 is 2.27 bits per heavy atom. The fourth-order valence-corrected chi connectivity index (χ4v) is 4.09. The fourth-order valence-electron chi connectivity index (χ4n) is 3.46. The molecule has 0 unspecified atom stereocenters. The van der Waals surface area contributed by atoms with E-state index in [0.717, 1.165) is 24.4 Å². The van der Waals surface area contributed by atoms with Gasteiger partial charge in [-0.15, -0.1) is 5.10 Å². The summed E-state index contributed by atoms with van der Waals surface area (Å²) in [4.78, 5) is 27.6. The van der Waals surface area contributed by atoms with Crippen molar-refractivity contribution in [3.05, 3.63) is 28.3 Å². The number of benzene rings is 1. The number of methoxy groups -OCH3 is 3. The first-order valence-corrected chi connectivity index (χ1v) is 10.4. The minimum atomic E-state index is -0.209. The monoisotopic (exact) mass is 434 g/mol. The van der Waals surface area contributed by atoms with E-state index in [1.165, 1.54) is 21.3 Å². The van der Waals surface area contributed by atoms with Gasteiger partial charge in [-0.25, -0.2) is 0 Å². The standard InChI is InChI=1S/C20H26N4O5S/c1-12-18(30-23-22-12)20(26)24-7-5-13(6-8-24)11-21-19(25)14-9-15(27-2)17(29-4)16(10-14)28-3/h9-10,13H,5-8,11H2,1-4H3,(H,21,25). The highest BCUT2D eigenvalue weighted by molar-refractivity contribution is 7.07. The molecule has 0 saturated carbocycles. The molecule has 1 aliphatic rings. The number of ether oxygens (including phenoxy) is 3. The molecule has 0 bridgehead atoms. The van der Waals surface area contributed by atoms with E-state index in [1.54, 1.807) is 19.1 Å². The van der Waals surface area contributed by atoms with Crippen LogP contribution >= 0.6 is 11.5 Å². The molecule has 9 nitrogen and oxygen atoms in total. The van der Waals surface area contributed by atoms with Crippen molar-refractivity contribution in [3.63, 3.8) is 0 Å². The number of aryl methyl sites for hydroxylation is 1. The summed E-state index contributed by atoms with van der Waals surface area (Å²) in [6.07, 6.45) is 1.65. The molecule has 0 radical (unpaired) electrons. The molecular formula is C20H26N4O5S. The molecule has 1 aromatic carbocycles. The maximum Gasteiger partial charge on any atom is 0.267 e. The zero-order valence-corrected chi connectivity index (χ0v) is 18.4. The van der Waals surface area contributed by atoms with Crippen molar-refractivity contribution >= 4 is 23.3 Å². The van der Waals surface area contributed by atoms with E-state index in [9.17, 15) is 9.59 Å². The van der Waals surface area contributed by atoms with E-state index in [1.807, 2.05) is 4.90 Å². The summed E-state index contributed by atoms with van der Waals surface area (Å²) in [5.41, 5.74) is 1.11. The van der Waals surface area contributed by atoms with Crippen molar-refractivity contribution in [2.24, 2.45) is 5.92 Å². The summed E-state index contributed by atoms with van der Waals surface area (Å²) < 4.78 is 19.7. The first kappa shape index (κ1) is 21.8. The first-order chi connectivity index (χ1) is 14.5. The molecule has 1 aliphatic heterocycles. The molecule has 0 spiro atoms. The predicted molar refractivity (Wildman–Crippen MR) is 112 cm³/mol. The number of aromatic nitrogens is 2. The van der Waals surface area contributed by atoms with Crippen molar-refractivity contribution in [2.75, 3.05) is 41.0 Å². The van der Waals surface area contributed by atoms with Crippen molar-refractivity contribution in [1.82, 2.24) is 19.8 Å². The third kappa shape index (κ3) is 4.64. The summed E-state index contributed by atoms with van der Waals surface area (Å²) in [7, 11) is 4.54. The molecule has 1 aromatic heterocycles. The summed E-state index contributed by atoms with van der Waals surface area (Å²) >= 11 is 1.13. The molecule has 2 heterocycles. The number of piperidine rings is 1. The van der Waals surface area contributed by atoms with E-state index < -0.39 is 0 Å². The maximum absolute atomic E-state index is 12.6. The Morgan fingerprint density at radius 2 is 1.77 bits per heavy atom. The van der Waals surface area contributed by atoms with Gasteiger partial charge < -0.3 is 24.4 Å². The number of likely N-dealkylation sites (tertiary alicyclic amines) is 1. The van der Waals surface area contributed by atoms with E-state index >= 15 is 0 Å². The third-order valence-corrected chi connectivity index (χ3v) is 6.04. The molecule has 3 rings (SSSR count). The number of rotatable bonds is 7. The van der Waals surface area contributed by atoms with Crippen molar-refractivity contribution in [3.8, 4) is 17.2 Å². The Balaban J connectivity index is 1.55. The van der Waals surface area contributed by atoms with E-state index in [-0.39, 0.29) is 11.8 Å². The van der Waals surface area contributed by atoms with Gasteiger partial charge in [-0.1, -0.05) is 4.49 Å². The number of nitrogens with zero attached hydrogens (tertiary/aromatic N) is 3. The quantitative estimate of drug-likeness (QED) is 0.712. The number of amides is 2. The van der Waals surface area contributed by atoms with Crippen molar-refractivity contribution in [1.29, 1.82) is 0 Å². The topological polar surface area (TPSA) is 103 Å². The van der Waals surface area contributed by atoms with Crippen LogP contribution in [0.3, 0.4) is 0 Å². The van der Waals surface area contributed by atoms with Crippen LogP contribution in [0.4, 0.5) is 0 Å². The molecule has 30 heavy (non-hydrogen) atoms. The Kier molecular flexibility index (Phi) is 7.09. The molecule has 0 aliphatic carbocycles. The molecule has 162 valence electrons. The van der Waals surface area contributed by atoms with Gasteiger partial charge in [0.1, 0.15) is 4.88 Å². The molecule has 10 heteroatoms. The van der Waals surface area contributed by atoms with Crippen LogP contribution in [0.15, 0.2) is 12.1 Å². The molecule has 1 fully saturated rings. The van der Waals surface area contributed by atoms with Gasteiger partial charge in [0.05, 0.1) is 27.0 Å². The SMILES string of the molecule is COc1cc(C(=O)NCC2CCN(C(=O)c3snnc3C)CC2)cc(OC)c1OC. The van der Waals surface area contributed by atoms with Crippen LogP contribution in [0.2, 0.25) is 0 Å². The lowest BCUT2D eigenvalue weighted by atomic mass is 9.96. The van der Waals surface area contributed by atoms with Gasteiger partial charge in [-0.2, -0.15) is 0 Å². The summed E-state index contributed by atoms with van der Waals surface area (Å²) in [5.74, 6) is 1.39. The first-order valence-electron chi connectivity index (χ1n) is 9.64. The molecule has 1 saturated heterocycles. The van der Waals surface area contributed by atoms with Crippen LogP contribution in [0, 0.1) is 12.8 Å². The van der Waals surface area contributed by atoms with Crippen molar-refractivity contribution < 1.29 is 23.8 Å². The van der Waals surface area contributed by atoms with Gasteiger partial charge in [0.15, 0.2) is 11.5 Å². The molecule has 2 amide bonds. The Labute approximate surface area is 179 Å². The second-order valence-electron chi connectivity index (χ2n) is 7.05. The summed E-state index contributed by atoms with van der Waals surface area (Å²) in [5, 5.41) is 6.89. The van der Waals surface area contributed by atoms with Gasteiger partial charge in [0.25, 0.3) is 11.8 Å². The van der Waals surface area contributed by atoms with Crippen LogP contribution in [-0.2, 0) is 0 Å². The molecule has 0 atom stereocenters. The largest absolute Gasteiger partial charge is 0.493 e. The second kappa shape index (κ2) is 9.75.